The van der Waals surface area contributed by atoms with Gasteiger partial charge < -0.3 is 9.97 Å². The summed E-state index contributed by atoms with van der Waals surface area (Å²) in [5.74, 6) is 5.01. The van der Waals surface area contributed by atoms with Gasteiger partial charge in [-0.1, -0.05) is 51.9 Å². The molecule has 0 amide bonds. The Labute approximate surface area is 244 Å². The van der Waals surface area contributed by atoms with Crippen molar-refractivity contribution in [2.45, 2.75) is 58.3 Å². The fraction of sp³-hybridized carbons (Fsp3) is 0.333. The normalized spacial score (nSPS) is 11.6. The Hall–Kier alpha value is -2.90. The second-order valence-corrected chi connectivity index (χ2v) is 9.58. The van der Waals surface area contributed by atoms with Crippen molar-refractivity contribution in [3.8, 4) is 0 Å². The standard InChI is InChI=1S/C20H14N4.C10H26N4.Pd/c1-2-14-10-16-5-6-18(23-16)12-20-8-7-19(24-20)11-17-4-3-15(22-17)9-13(1)21-14;1-2-3-4-5-6-7-8-9-10-12-14-13-11;/h1-12,21-22H;12-14H,2-11H2,1H3;. The van der Waals surface area contributed by atoms with Gasteiger partial charge in [-0.3, -0.25) is 5.84 Å². The Morgan fingerprint density at radius 1 is 0.615 bits per heavy atom. The second-order valence-electron chi connectivity index (χ2n) is 9.58. The topological polar surface area (TPSA) is 119 Å². The predicted octanol–water partition coefficient (Wildman–Crippen LogP) is 6.25. The maximum absolute atomic E-state index is 5.01. The summed E-state index contributed by atoms with van der Waals surface area (Å²) in [7, 11) is 0. The van der Waals surface area contributed by atoms with E-state index in [1.54, 1.807) is 0 Å². The molecule has 0 fully saturated rings. The third kappa shape index (κ3) is 10.6. The van der Waals surface area contributed by atoms with Crippen molar-refractivity contribution in [3.63, 3.8) is 0 Å². The average molecular weight is 619 g/mol. The molecule has 5 heterocycles. The van der Waals surface area contributed by atoms with Crippen molar-refractivity contribution in [2.24, 2.45) is 5.84 Å². The second kappa shape index (κ2) is 16.9. The molecule has 39 heavy (non-hydrogen) atoms. The molecule has 0 aliphatic carbocycles. The number of rotatable bonds is 11. The van der Waals surface area contributed by atoms with E-state index in [0.717, 1.165) is 51.4 Å². The van der Waals surface area contributed by atoms with Crippen LogP contribution in [0.3, 0.4) is 0 Å². The number of aromatic nitrogens is 4. The van der Waals surface area contributed by atoms with Crippen LogP contribution in [0.25, 0.3) is 46.4 Å². The number of aromatic amines is 2. The van der Waals surface area contributed by atoms with Crippen LogP contribution >= 0.6 is 0 Å². The van der Waals surface area contributed by atoms with E-state index in [1.165, 1.54) is 51.4 Å². The molecule has 0 atom stereocenters. The van der Waals surface area contributed by atoms with Gasteiger partial charge in [0.1, 0.15) is 0 Å². The first-order valence-electron chi connectivity index (χ1n) is 13.7. The summed E-state index contributed by atoms with van der Waals surface area (Å²) >= 11 is 0. The molecule has 210 valence electrons. The Morgan fingerprint density at radius 2 is 1.05 bits per heavy atom. The van der Waals surface area contributed by atoms with E-state index >= 15 is 0 Å². The number of hydrogen-bond acceptors (Lipinski definition) is 6. The van der Waals surface area contributed by atoms with Crippen molar-refractivity contribution in [3.05, 3.63) is 71.3 Å². The van der Waals surface area contributed by atoms with E-state index in [9.17, 15) is 0 Å². The van der Waals surface area contributed by atoms with Gasteiger partial charge in [-0.05, 0) is 79.3 Å². The van der Waals surface area contributed by atoms with Gasteiger partial charge in [-0.25, -0.2) is 15.4 Å². The molecular weight excluding hydrogens is 579 g/mol. The van der Waals surface area contributed by atoms with E-state index in [4.69, 9.17) is 5.84 Å². The van der Waals surface area contributed by atoms with E-state index in [-0.39, 0.29) is 20.4 Å². The fourth-order valence-electron chi connectivity index (χ4n) is 4.40. The van der Waals surface area contributed by atoms with Crippen molar-refractivity contribution in [1.82, 2.24) is 36.4 Å². The summed E-state index contributed by atoms with van der Waals surface area (Å²) < 4.78 is 0. The number of nitrogens with two attached hydrogens (primary N) is 1. The van der Waals surface area contributed by atoms with Gasteiger partial charge in [0.25, 0.3) is 0 Å². The zero-order valence-electron chi connectivity index (χ0n) is 22.6. The molecule has 0 aromatic carbocycles. The molecular formula is C30H40N8Pd. The van der Waals surface area contributed by atoms with Gasteiger partial charge in [0.05, 0.1) is 22.8 Å². The summed E-state index contributed by atoms with van der Waals surface area (Å²) in [4.78, 5) is 16.0. The molecule has 8 nitrogen and oxygen atoms in total. The molecule has 3 aromatic heterocycles. The molecule has 0 radical (unpaired) electrons. The largest absolute Gasteiger partial charge is 0.355 e. The van der Waals surface area contributed by atoms with Gasteiger partial charge in [0.2, 0.25) is 0 Å². The Bertz CT molecular complexity index is 1270. The van der Waals surface area contributed by atoms with E-state index in [1.807, 2.05) is 42.5 Å². The summed E-state index contributed by atoms with van der Waals surface area (Å²) in [6, 6.07) is 16.4. The summed E-state index contributed by atoms with van der Waals surface area (Å²) in [5, 5.41) is 0. The first-order chi connectivity index (χ1) is 18.7. The Balaban J connectivity index is 0.000000245. The third-order valence-corrected chi connectivity index (χ3v) is 6.36. The average Bonchev–Trinajstić information content (AvgIpc) is 3.72. The van der Waals surface area contributed by atoms with E-state index < -0.39 is 0 Å². The number of hydrazine groups is 3. The van der Waals surface area contributed by atoms with Crippen molar-refractivity contribution < 1.29 is 20.4 Å². The third-order valence-electron chi connectivity index (χ3n) is 6.36. The number of H-pyrrole nitrogens is 2. The molecule has 9 heteroatoms. The Kier molecular flexibility index (Phi) is 13.3. The number of fused-ring (bicyclic) bond motifs is 8. The predicted molar refractivity (Wildman–Crippen MR) is 160 cm³/mol. The molecule has 3 aromatic rings. The molecule has 0 unspecified atom stereocenters. The van der Waals surface area contributed by atoms with E-state index in [2.05, 4.69) is 73.7 Å². The minimum atomic E-state index is 0. The molecule has 8 bridgehead atoms. The smallest absolute Gasteiger partial charge is 0.0659 e. The van der Waals surface area contributed by atoms with Crippen LogP contribution in [0, 0.1) is 0 Å². The number of nitrogens with zero attached hydrogens (tertiary/aromatic N) is 2. The maximum atomic E-state index is 5.01. The van der Waals surface area contributed by atoms with Gasteiger partial charge >= 0.3 is 0 Å². The zero-order valence-corrected chi connectivity index (χ0v) is 24.1. The quantitative estimate of drug-likeness (QED) is 0.0451. The van der Waals surface area contributed by atoms with Gasteiger partial charge in [0.15, 0.2) is 0 Å². The maximum Gasteiger partial charge on any atom is 0.0659 e. The molecule has 7 N–H and O–H groups in total. The van der Waals surface area contributed by atoms with Crippen molar-refractivity contribution in [1.29, 1.82) is 0 Å². The number of unbranched alkanes of at least 4 members (excludes halogenated alkanes) is 7. The monoisotopic (exact) mass is 618 g/mol. The first kappa shape index (κ1) is 30.6. The molecule has 2 aliphatic heterocycles. The molecule has 0 saturated carbocycles. The summed E-state index contributed by atoms with van der Waals surface area (Å²) in [6.45, 7) is 3.23. The van der Waals surface area contributed by atoms with Crippen LogP contribution in [0.4, 0.5) is 0 Å². The van der Waals surface area contributed by atoms with Gasteiger partial charge in [-0.2, -0.15) is 11.1 Å². The van der Waals surface area contributed by atoms with Gasteiger partial charge in [0, 0.05) is 49.0 Å². The zero-order chi connectivity index (χ0) is 26.4. The van der Waals surface area contributed by atoms with Crippen molar-refractivity contribution in [2.75, 3.05) is 6.54 Å². The minimum absolute atomic E-state index is 0. The first-order valence-corrected chi connectivity index (χ1v) is 13.7. The van der Waals surface area contributed by atoms with E-state index in [0.29, 0.717) is 0 Å². The molecule has 5 rings (SSSR count). The van der Waals surface area contributed by atoms with Crippen LogP contribution in [0.1, 0.15) is 81.1 Å². The van der Waals surface area contributed by atoms with Crippen LogP contribution < -0.4 is 22.3 Å². The van der Waals surface area contributed by atoms with Crippen LogP contribution in [-0.2, 0) is 20.4 Å². The summed E-state index contributed by atoms with van der Waals surface area (Å²) in [5.41, 5.74) is 15.8. The molecule has 2 aliphatic rings. The van der Waals surface area contributed by atoms with Crippen LogP contribution in [0.2, 0.25) is 0 Å². The molecule has 0 spiro atoms. The Morgan fingerprint density at radius 3 is 1.54 bits per heavy atom. The molecule has 0 saturated heterocycles. The summed E-state index contributed by atoms with van der Waals surface area (Å²) in [6.07, 6.45) is 18.9. The fourth-order valence-corrected chi connectivity index (χ4v) is 4.40. The number of hydrogen-bond donors (Lipinski definition) is 6. The van der Waals surface area contributed by atoms with Crippen LogP contribution in [-0.4, -0.2) is 26.5 Å². The van der Waals surface area contributed by atoms with Crippen molar-refractivity contribution >= 4 is 46.4 Å². The van der Waals surface area contributed by atoms with Crippen LogP contribution in [0.5, 0.6) is 0 Å². The van der Waals surface area contributed by atoms with Gasteiger partial charge in [-0.15, -0.1) is 0 Å². The number of nitrogens with one attached hydrogen (secondary N) is 5. The minimum Gasteiger partial charge on any atom is -0.355 e. The SMILES string of the molecule is C1=Cc2cc3ccc(cc4ccc(cc5nc(cc1n2)C=C5)[nH]4)[nH]3.CCCCCCCCCCNNNN.[Pd]. The van der Waals surface area contributed by atoms with Crippen LogP contribution in [0.15, 0.2) is 48.5 Å².